The van der Waals surface area contributed by atoms with Crippen molar-refractivity contribution >= 4 is 23.7 Å². The highest BCUT2D eigenvalue weighted by Gasteiger charge is 2.46. The average molecular weight is 349 g/mol. The first-order valence-electron chi connectivity index (χ1n) is 6.89. The summed E-state index contributed by atoms with van der Waals surface area (Å²) in [5.41, 5.74) is -1.62. The largest absolute Gasteiger partial charge is 0.481 e. The van der Waals surface area contributed by atoms with Crippen molar-refractivity contribution in [2.24, 2.45) is 5.41 Å². The van der Waals surface area contributed by atoms with E-state index in [1.165, 1.54) is 0 Å². The number of nitrogens with zero attached hydrogens (tertiary/aromatic N) is 2. The minimum absolute atomic E-state index is 0.00471. The van der Waals surface area contributed by atoms with E-state index in [9.17, 15) is 23.5 Å². The fourth-order valence-corrected chi connectivity index (χ4v) is 3.13. The standard InChI is InChI=1S/C14H15ClF2N2O4/c1-7-5-14(12(20)21,2-3-19(7)13(22)23)6-10-8(16)4-9(17)11(15)18-10/h4,7H,2-3,5-6H2,1H3,(H,20,21)(H,22,23)/t7-,14-/m1/s1. The van der Waals surface area contributed by atoms with Gasteiger partial charge in [0.15, 0.2) is 11.0 Å². The van der Waals surface area contributed by atoms with Gasteiger partial charge < -0.3 is 15.1 Å². The van der Waals surface area contributed by atoms with Crippen LogP contribution >= 0.6 is 11.6 Å². The normalized spacial score (nSPS) is 24.5. The molecule has 1 aliphatic heterocycles. The molecule has 9 heteroatoms. The highest BCUT2D eigenvalue weighted by molar-refractivity contribution is 6.29. The summed E-state index contributed by atoms with van der Waals surface area (Å²) in [5.74, 6) is -3.16. The van der Waals surface area contributed by atoms with E-state index in [0.29, 0.717) is 6.07 Å². The number of pyridine rings is 1. The number of carbonyl (C=O) groups is 2. The molecule has 1 aromatic rings. The number of rotatable bonds is 3. The smallest absolute Gasteiger partial charge is 0.407 e. The summed E-state index contributed by atoms with van der Waals surface area (Å²) < 4.78 is 27.0. The molecule has 0 unspecified atom stereocenters. The molecule has 1 fully saturated rings. The van der Waals surface area contributed by atoms with Crippen LogP contribution < -0.4 is 0 Å². The lowest BCUT2D eigenvalue weighted by Crippen LogP contribution is -2.51. The third kappa shape index (κ3) is 3.36. The van der Waals surface area contributed by atoms with Crippen molar-refractivity contribution in [2.45, 2.75) is 32.2 Å². The van der Waals surface area contributed by atoms with Crippen LogP contribution in [0.15, 0.2) is 6.07 Å². The molecule has 1 amide bonds. The number of amides is 1. The quantitative estimate of drug-likeness (QED) is 0.820. The molecule has 2 heterocycles. The van der Waals surface area contributed by atoms with Gasteiger partial charge in [-0.1, -0.05) is 11.6 Å². The minimum Gasteiger partial charge on any atom is -0.481 e. The number of likely N-dealkylation sites (tertiary alicyclic amines) is 1. The van der Waals surface area contributed by atoms with Crippen LogP contribution in [0.25, 0.3) is 0 Å². The van der Waals surface area contributed by atoms with E-state index in [-0.39, 0.29) is 31.5 Å². The van der Waals surface area contributed by atoms with Crippen molar-refractivity contribution in [3.63, 3.8) is 0 Å². The number of halogens is 3. The number of carboxylic acid groups (broad SMARTS) is 2. The summed E-state index contributed by atoms with van der Waals surface area (Å²) in [6.07, 6.45) is -1.41. The zero-order valence-corrected chi connectivity index (χ0v) is 13.0. The summed E-state index contributed by atoms with van der Waals surface area (Å²) in [6, 6.07) is 0.0204. The van der Waals surface area contributed by atoms with Gasteiger partial charge in [0.05, 0.1) is 11.1 Å². The van der Waals surface area contributed by atoms with E-state index in [1.807, 2.05) is 0 Å². The molecule has 126 valence electrons. The fourth-order valence-electron chi connectivity index (χ4n) is 2.97. The molecule has 1 aliphatic rings. The zero-order valence-electron chi connectivity index (χ0n) is 12.2. The van der Waals surface area contributed by atoms with Crippen molar-refractivity contribution in [3.05, 3.63) is 28.5 Å². The molecule has 0 spiro atoms. The number of hydrogen-bond donors (Lipinski definition) is 2. The molecule has 6 nitrogen and oxygen atoms in total. The van der Waals surface area contributed by atoms with Crippen LogP contribution in [0.2, 0.25) is 5.15 Å². The molecule has 23 heavy (non-hydrogen) atoms. The van der Waals surface area contributed by atoms with Crippen LogP contribution in [-0.2, 0) is 11.2 Å². The monoisotopic (exact) mass is 348 g/mol. The van der Waals surface area contributed by atoms with E-state index in [2.05, 4.69) is 4.98 Å². The van der Waals surface area contributed by atoms with Gasteiger partial charge in [-0.2, -0.15) is 0 Å². The highest BCUT2D eigenvalue weighted by Crippen LogP contribution is 2.39. The molecule has 0 aromatic carbocycles. The highest BCUT2D eigenvalue weighted by atomic mass is 35.5. The van der Waals surface area contributed by atoms with Crippen LogP contribution in [0.1, 0.15) is 25.5 Å². The van der Waals surface area contributed by atoms with Crippen LogP contribution in [-0.4, -0.2) is 44.7 Å². The molecule has 0 aliphatic carbocycles. The number of hydrogen-bond acceptors (Lipinski definition) is 3. The third-order valence-corrected chi connectivity index (χ3v) is 4.48. The van der Waals surface area contributed by atoms with Crippen LogP contribution in [0.3, 0.4) is 0 Å². The van der Waals surface area contributed by atoms with Crippen LogP contribution in [0.5, 0.6) is 0 Å². The Morgan fingerprint density at radius 2 is 2.09 bits per heavy atom. The maximum atomic E-state index is 13.9. The van der Waals surface area contributed by atoms with E-state index in [4.69, 9.17) is 16.7 Å². The van der Waals surface area contributed by atoms with Gasteiger partial charge in [-0.05, 0) is 19.8 Å². The van der Waals surface area contributed by atoms with E-state index >= 15 is 0 Å². The maximum absolute atomic E-state index is 13.9. The summed E-state index contributed by atoms with van der Waals surface area (Å²) in [6.45, 7) is 1.60. The molecule has 2 rings (SSSR count). The predicted molar refractivity (Wildman–Crippen MR) is 76.4 cm³/mol. The summed E-state index contributed by atoms with van der Waals surface area (Å²) >= 11 is 5.54. The van der Waals surface area contributed by atoms with Gasteiger partial charge in [0.1, 0.15) is 5.82 Å². The lowest BCUT2D eigenvalue weighted by atomic mass is 9.72. The van der Waals surface area contributed by atoms with Crippen LogP contribution in [0, 0.1) is 17.0 Å². The molecular formula is C14H15ClF2N2O4. The van der Waals surface area contributed by atoms with Gasteiger partial charge in [-0.25, -0.2) is 18.6 Å². The molecule has 1 aromatic heterocycles. The Morgan fingerprint density at radius 3 is 2.61 bits per heavy atom. The predicted octanol–water partition coefficient (Wildman–Crippen LogP) is 2.79. The molecule has 1 saturated heterocycles. The molecule has 0 bridgehead atoms. The van der Waals surface area contributed by atoms with E-state index in [1.54, 1.807) is 6.92 Å². The second-order valence-electron chi connectivity index (χ2n) is 5.73. The summed E-state index contributed by atoms with van der Waals surface area (Å²) in [7, 11) is 0. The Morgan fingerprint density at radius 1 is 1.43 bits per heavy atom. The van der Waals surface area contributed by atoms with Crippen molar-refractivity contribution in [1.82, 2.24) is 9.88 Å². The molecule has 2 N–H and O–H groups in total. The SMILES string of the molecule is C[C@@H]1C[C@](Cc2nc(Cl)c(F)cc2F)(C(=O)O)CCN1C(=O)O. The molecule has 2 atom stereocenters. The Labute approximate surface area is 135 Å². The topological polar surface area (TPSA) is 90.7 Å². The average Bonchev–Trinajstić information content (AvgIpc) is 2.44. The molecule has 0 saturated carbocycles. The van der Waals surface area contributed by atoms with Crippen molar-refractivity contribution in [3.8, 4) is 0 Å². The van der Waals surface area contributed by atoms with Gasteiger partial charge in [0.2, 0.25) is 0 Å². The summed E-state index contributed by atoms with van der Waals surface area (Å²) in [5, 5.41) is 18.1. The number of piperidine rings is 1. The Balaban J connectivity index is 2.32. The van der Waals surface area contributed by atoms with Crippen molar-refractivity contribution < 1.29 is 28.6 Å². The first kappa shape index (κ1) is 17.4. The first-order chi connectivity index (χ1) is 10.7. The van der Waals surface area contributed by atoms with Gasteiger partial charge in [0, 0.05) is 25.1 Å². The van der Waals surface area contributed by atoms with Crippen molar-refractivity contribution in [2.75, 3.05) is 6.54 Å². The Hall–Kier alpha value is -1.96. The zero-order chi connectivity index (χ0) is 17.4. The number of aliphatic carboxylic acids is 1. The van der Waals surface area contributed by atoms with E-state index < -0.39 is 40.3 Å². The summed E-state index contributed by atoms with van der Waals surface area (Å²) in [4.78, 5) is 27.6. The lowest BCUT2D eigenvalue weighted by Gasteiger charge is -2.41. The Bertz CT molecular complexity index is 658. The minimum atomic E-state index is -1.37. The van der Waals surface area contributed by atoms with Gasteiger partial charge in [-0.15, -0.1) is 0 Å². The fraction of sp³-hybridized carbons (Fsp3) is 0.500. The van der Waals surface area contributed by atoms with Gasteiger partial charge in [-0.3, -0.25) is 4.79 Å². The molecule has 0 radical (unpaired) electrons. The Kier molecular flexibility index (Phi) is 4.74. The van der Waals surface area contributed by atoms with Crippen molar-refractivity contribution in [1.29, 1.82) is 0 Å². The second kappa shape index (κ2) is 6.27. The van der Waals surface area contributed by atoms with E-state index in [0.717, 1.165) is 4.90 Å². The van der Waals surface area contributed by atoms with Crippen LogP contribution in [0.4, 0.5) is 13.6 Å². The van der Waals surface area contributed by atoms with Gasteiger partial charge >= 0.3 is 12.1 Å². The number of aromatic nitrogens is 1. The third-order valence-electron chi connectivity index (χ3n) is 4.21. The van der Waals surface area contributed by atoms with Gasteiger partial charge in [0.25, 0.3) is 0 Å². The first-order valence-corrected chi connectivity index (χ1v) is 7.27. The molecular weight excluding hydrogens is 334 g/mol. The number of carboxylic acids is 1. The maximum Gasteiger partial charge on any atom is 0.407 e. The lowest BCUT2D eigenvalue weighted by molar-refractivity contribution is -0.153. The second-order valence-corrected chi connectivity index (χ2v) is 6.09.